The molecule has 0 amide bonds. The maximum absolute atomic E-state index is 4.43. The molecule has 0 radical (unpaired) electrons. The fourth-order valence-electron chi connectivity index (χ4n) is 3.76. The molecule has 0 aromatic carbocycles. The monoisotopic (exact) mass is 276 g/mol. The highest BCUT2D eigenvalue weighted by atomic mass is 14.8. The first-order valence-corrected chi connectivity index (χ1v) is 8.05. The Labute approximate surface area is 125 Å². The van der Waals surface area contributed by atoms with Crippen molar-refractivity contribution in [1.29, 1.82) is 0 Å². The Bertz CT molecular complexity index is 365. The highest BCUT2D eigenvalue weighted by molar-refractivity contribution is 6.02. The van der Waals surface area contributed by atoms with E-state index in [2.05, 4.69) is 37.8 Å². The van der Waals surface area contributed by atoms with Gasteiger partial charge in [-0.3, -0.25) is 4.99 Å². The minimum absolute atomic E-state index is 0.442. The molecule has 1 N–H and O–H groups in total. The molecule has 1 aliphatic carbocycles. The number of hydrogen-bond donors (Lipinski definition) is 1. The first-order chi connectivity index (χ1) is 9.62. The molecule has 0 bridgehead atoms. The van der Waals surface area contributed by atoms with E-state index in [4.69, 9.17) is 0 Å². The molecule has 114 valence electrons. The third kappa shape index (κ3) is 4.31. The largest absolute Gasteiger partial charge is 0.319 e. The molecule has 2 heteroatoms. The maximum atomic E-state index is 4.43. The van der Waals surface area contributed by atoms with Gasteiger partial charge >= 0.3 is 0 Å². The SMILES string of the molecule is C=C/C(C(CC)=NC)=C(/C)CC1(CNC)CCCCC1. The second kappa shape index (κ2) is 8.41. The van der Waals surface area contributed by atoms with Crippen molar-refractivity contribution in [1.82, 2.24) is 5.32 Å². The zero-order valence-corrected chi connectivity index (χ0v) is 13.9. The fourth-order valence-corrected chi connectivity index (χ4v) is 3.76. The number of allylic oxidation sites excluding steroid dienone is 3. The van der Waals surface area contributed by atoms with Crippen LogP contribution in [0.3, 0.4) is 0 Å². The van der Waals surface area contributed by atoms with Crippen LogP contribution in [0, 0.1) is 5.41 Å². The number of nitrogens with zero attached hydrogens (tertiary/aromatic N) is 1. The summed E-state index contributed by atoms with van der Waals surface area (Å²) in [5.74, 6) is 0. The fraction of sp³-hybridized carbons (Fsp3) is 0.722. The van der Waals surface area contributed by atoms with Crippen molar-refractivity contribution < 1.29 is 0 Å². The lowest BCUT2D eigenvalue weighted by atomic mass is 9.69. The number of hydrogen-bond acceptors (Lipinski definition) is 2. The summed E-state index contributed by atoms with van der Waals surface area (Å²) >= 11 is 0. The van der Waals surface area contributed by atoms with Gasteiger partial charge in [0.25, 0.3) is 0 Å². The number of aliphatic imine (C=N–C) groups is 1. The normalized spacial score (nSPS) is 20.5. The van der Waals surface area contributed by atoms with Gasteiger partial charge in [-0.25, -0.2) is 0 Å². The third-order valence-electron chi connectivity index (χ3n) is 4.69. The van der Waals surface area contributed by atoms with Gasteiger partial charge in [-0.05, 0) is 50.6 Å². The van der Waals surface area contributed by atoms with Gasteiger partial charge < -0.3 is 5.32 Å². The van der Waals surface area contributed by atoms with Crippen LogP contribution in [0.15, 0.2) is 28.8 Å². The van der Waals surface area contributed by atoms with Crippen molar-refractivity contribution in [3.8, 4) is 0 Å². The van der Waals surface area contributed by atoms with Crippen molar-refractivity contribution in [2.45, 2.75) is 58.8 Å². The van der Waals surface area contributed by atoms with Crippen molar-refractivity contribution in [3.63, 3.8) is 0 Å². The van der Waals surface area contributed by atoms with Crippen LogP contribution in [0.4, 0.5) is 0 Å². The predicted molar refractivity (Wildman–Crippen MR) is 90.6 cm³/mol. The molecule has 0 aromatic rings. The molecule has 20 heavy (non-hydrogen) atoms. The van der Waals surface area contributed by atoms with E-state index in [9.17, 15) is 0 Å². The number of rotatable bonds is 7. The van der Waals surface area contributed by atoms with Crippen LogP contribution in [-0.4, -0.2) is 26.4 Å². The lowest BCUT2D eigenvalue weighted by Crippen LogP contribution is -2.35. The van der Waals surface area contributed by atoms with Gasteiger partial charge in [0.1, 0.15) is 0 Å². The summed E-state index contributed by atoms with van der Waals surface area (Å²) in [4.78, 5) is 4.43. The summed E-state index contributed by atoms with van der Waals surface area (Å²) < 4.78 is 0. The summed E-state index contributed by atoms with van der Waals surface area (Å²) in [6, 6.07) is 0. The molecule has 0 aromatic heterocycles. The molecule has 0 spiro atoms. The van der Waals surface area contributed by atoms with Crippen LogP contribution in [0.1, 0.15) is 58.8 Å². The van der Waals surface area contributed by atoms with Gasteiger partial charge in [-0.15, -0.1) is 0 Å². The molecule has 0 heterocycles. The maximum Gasteiger partial charge on any atom is 0.0413 e. The summed E-state index contributed by atoms with van der Waals surface area (Å²) in [5, 5.41) is 3.42. The lowest BCUT2D eigenvalue weighted by Gasteiger charge is -2.38. The molecule has 0 unspecified atom stereocenters. The van der Waals surface area contributed by atoms with Gasteiger partial charge in [-0.2, -0.15) is 0 Å². The van der Waals surface area contributed by atoms with E-state index in [1.807, 2.05) is 13.1 Å². The van der Waals surface area contributed by atoms with Gasteiger partial charge in [0.15, 0.2) is 0 Å². The molecule has 0 saturated heterocycles. The van der Waals surface area contributed by atoms with E-state index in [0.29, 0.717) is 5.41 Å². The Morgan fingerprint density at radius 1 is 1.30 bits per heavy atom. The quantitative estimate of drug-likeness (QED) is 0.536. The summed E-state index contributed by atoms with van der Waals surface area (Å²) in [6.07, 6.45) is 11.0. The molecule has 0 aliphatic heterocycles. The van der Waals surface area contributed by atoms with Crippen molar-refractivity contribution >= 4 is 5.71 Å². The molecule has 0 atom stereocenters. The van der Waals surface area contributed by atoms with E-state index in [1.165, 1.54) is 55.4 Å². The first-order valence-electron chi connectivity index (χ1n) is 8.05. The Morgan fingerprint density at radius 3 is 2.40 bits per heavy atom. The van der Waals surface area contributed by atoms with Crippen LogP contribution in [0.5, 0.6) is 0 Å². The lowest BCUT2D eigenvalue weighted by molar-refractivity contribution is 0.184. The van der Waals surface area contributed by atoms with Gasteiger partial charge in [-0.1, -0.05) is 44.4 Å². The van der Waals surface area contributed by atoms with Crippen molar-refractivity contribution in [2.24, 2.45) is 10.4 Å². The average Bonchev–Trinajstić information content (AvgIpc) is 2.45. The Kier molecular flexibility index (Phi) is 7.22. The van der Waals surface area contributed by atoms with Crippen LogP contribution in [0.2, 0.25) is 0 Å². The van der Waals surface area contributed by atoms with Gasteiger partial charge in [0, 0.05) is 19.3 Å². The van der Waals surface area contributed by atoms with E-state index in [-0.39, 0.29) is 0 Å². The van der Waals surface area contributed by atoms with Crippen LogP contribution in [-0.2, 0) is 0 Å². The second-order valence-corrected chi connectivity index (χ2v) is 6.19. The topological polar surface area (TPSA) is 24.4 Å². The number of nitrogens with one attached hydrogen (secondary N) is 1. The highest BCUT2D eigenvalue weighted by Gasteiger charge is 2.32. The minimum atomic E-state index is 0.442. The van der Waals surface area contributed by atoms with E-state index in [1.54, 1.807) is 0 Å². The smallest absolute Gasteiger partial charge is 0.0413 e. The van der Waals surface area contributed by atoms with E-state index >= 15 is 0 Å². The predicted octanol–water partition coefficient (Wildman–Crippen LogP) is 4.53. The molecule has 1 aliphatic rings. The Balaban J connectivity index is 2.98. The molecular formula is C18H32N2. The molecular weight excluding hydrogens is 244 g/mol. The first kappa shape index (κ1) is 17.2. The molecule has 1 fully saturated rings. The van der Waals surface area contributed by atoms with E-state index in [0.717, 1.165) is 13.0 Å². The second-order valence-electron chi connectivity index (χ2n) is 6.19. The van der Waals surface area contributed by atoms with Crippen LogP contribution >= 0.6 is 0 Å². The standard InChI is InChI=1S/C18H32N2/c1-6-16(17(7-2)20-5)15(3)13-18(14-19-4)11-9-8-10-12-18/h6,19H,1,7-14H2,2-5H3/b16-15+,20-17?. The summed E-state index contributed by atoms with van der Waals surface area (Å²) in [7, 11) is 3.97. The summed E-state index contributed by atoms with van der Waals surface area (Å²) in [5.41, 5.74) is 4.36. The minimum Gasteiger partial charge on any atom is -0.319 e. The van der Waals surface area contributed by atoms with E-state index < -0.39 is 0 Å². The molecule has 1 saturated carbocycles. The van der Waals surface area contributed by atoms with Crippen molar-refractivity contribution in [2.75, 3.05) is 20.6 Å². The average molecular weight is 276 g/mol. The molecule has 1 rings (SSSR count). The highest BCUT2D eigenvalue weighted by Crippen LogP contribution is 2.41. The zero-order valence-electron chi connectivity index (χ0n) is 13.9. The Hall–Kier alpha value is -0.890. The third-order valence-corrected chi connectivity index (χ3v) is 4.69. The van der Waals surface area contributed by atoms with Gasteiger partial charge in [0.2, 0.25) is 0 Å². The van der Waals surface area contributed by atoms with Gasteiger partial charge in [0.05, 0.1) is 0 Å². The Morgan fingerprint density at radius 2 is 1.95 bits per heavy atom. The molecule has 2 nitrogen and oxygen atoms in total. The zero-order chi connectivity index (χ0) is 15.0. The van der Waals surface area contributed by atoms with Crippen LogP contribution < -0.4 is 5.32 Å². The summed E-state index contributed by atoms with van der Waals surface area (Å²) in [6.45, 7) is 9.57. The van der Waals surface area contributed by atoms with Crippen LogP contribution in [0.25, 0.3) is 0 Å². The van der Waals surface area contributed by atoms with Crippen molar-refractivity contribution in [3.05, 3.63) is 23.8 Å².